The van der Waals surface area contributed by atoms with Crippen LogP contribution in [0, 0.1) is 0 Å². The molecule has 2 N–H and O–H groups in total. The van der Waals surface area contributed by atoms with Crippen LogP contribution in [-0.2, 0) is 19.6 Å². The van der Waals surface area contributed by atoms with Gasteiger partial charge < -0.3 is 10.6 Å². The largest absolute Gasteiger partial charge is 0.350 e. The Bertz CT molecular complexity index is 788. The summed E-state index contributed by atoms with van der Waals surface area (Å²) in [6, 6.07) is 5.53. The third-order valence-corrected chi connectivity index (χ3v) is 6.57. The fraction of sp³-hybridized carbons (Fsp3) is 0.556. The van der Waals surface area contributed by atoms with Crippen molar-refractivity contribution in [2.24, 2.45) is 0 Å². The van der Waals surface area contributed by atoms with Crippen LogP contribution in [0.1, 0.15) is 40.0 Å². The molecular weight excluding hydrogens is 434 g/mol. The molecule has 0 aromatic heterocycles. The van der Waals surface area contributed by atoms with E-state index >= 15 is 0 Å². The molecule has 1 fully saturated rings. The van der Waals surface area contributed by atoms with Gasteiger partial charge in [-0.2, -0.15) is 4.31 Å². The number of nitrogens with zero attached hydrogens (tertiary/aromatic N) is 1. The molecule has 1 aliphatic rings. The van der Waals surface area contributed by atoms with Crippen molar-refractivity contribution < 1.29 is 18.0 Å². The van der Waals surface area contributed by atoms with Crippen LogP contribution in [0.15, 0.2) is 33.6 Å². The maximum atomic E-state index is 13.0. The Balaban J connectivity index is 2.11. The zero-order chi connectivity index (χ0) is 20.2. The summed E-state index contributed by atoms with van der Waals surface area (Å²) >= 11 is 3.29. The fourth-order valence-corrected chi connectivity index (χ4v) is 4.87. The highest BCUT2D eigenvalue weighted by atomic mass is 79.9. The van der Waals surface area contributed by atoms with Gasteiger partial charge in [0.2, 0.25) is 21.8 Å². The van der Waals surface area contributed by atoms with Gasteiger partial charge in [0.15, 0.2) is 0 Å². The molecule has 7 nitrogen and oxygen atoms in total. The molecular formula is C18H26BrN3O4S. The lowest BCUT2D eigenvalue weighted by Crippen LogP contribution is -2.53. The van der Waals surface area contributed by atoms with Gasteiger partial charge >= 0.3 is 0 Å². The number of piperidine rings is 1. The number of hydrogen-bond acceptors (Lipinski definition) is 4. The van der Waals surface area contributed by atoms with Gasteiger partial charge in [0, 0.05) is 16.6 Å². The van der Waals surface area contributed by atoms with E-state index in [0.29, 0.717) is 12.8 Å². The first-order chi connectivity index (χ1) is 12.5. The van der Waals surface area contributed by atoms with E-state index in [1.54, 1.807) is 12.1 Å². The van der Waals surface area contributed by atoms with Gasteiger partial charge in [0.25, 0.3) is 0 Å². The average Bonchev–Trinajstić information content (AvgIpc) is 2.58. The molecule has 0 bridgehead atoms. The van der Waals surface area contributed by atoms with Crippen molar-refractivity contribution >= 4 is 37.8 Å². The summed E-state index contributed by atoms with van der Waals surface area (Å²) in [5, 5.41) is 5.33. The highest BCUT2D eigenvalue weighted by Gasteiger charge is 2.37. The molecule has 150 valence electrons. The summed E-state index contributed by atoms with van der Waals surface area (Å²) in [5.74, 6) is -0.756. The molecule has 1 aliphatic heterocycles. The zero-order valence-electron chi connectivity index (χ0n) is 15.8. The van der Waals surface area contributed by atoms with Gasteiger partial charge in [0.1, 0.15) is 6.04 Å². The summed E-state index contributed by atoms with van der Waals surface area (Å²) in [4.78, 5) is 24.7. The molecule has 1 heterocycles. The Hall–Kier alpha value is -1.45. The SMILES string of the molecule is CC(C)(C)NC(=O)CNC(=O)C1CCCCN1S(=O)(=O)c1ccc(Br)cc1. The number of sulfonamides is 1. The van der Waals surface area contributed by atoms with E-state index in [2.05, 4.69) is 26.6 Å². The normalized spacial score (nSPS) is 18.7. The molecule has 2 rings (SSSR count). The Morgan fingerprint density at radius 1 is 1.19 bits per heavy atom. The van der Waals surface area contributed by atoms with Crippen LogP contribution in [0.25, 0.3) is 0 Å². The topological polar surface area (TPSA) is 95.6 Å². The number of amides is 2. The van der Waals surface area contributed by atoms with Crippen LogP contribution in [0.4, 0.5) is 0 Å². The molecule has 0 aliphatic carbocycles. The van der Waals surface area contributed by atoms with Gasteiger partial charge in [-0.1, -0.05) is 22.4 Å². The van der Waals surface area contributed by atoms with E-state index in [-0.39, 0.29) is 23.9 Å². The van der Waals surface area contributed by atoms with Crippen LogP contribution in [-0.4, -0.2) is 49.2 Å². The number of hydrogen-bond donors (Lipinski definition) is 2. The number of carbonyl (C=O) groups is 2. The first-order valence-corrected chi connectivity index (χ1v) is 11.1. The van der Waals surface area contributed by atoms with Crippen molar-refractivity contribution in [1.29, 1.82) is 0 Å². The molecule has 0 spiro atoms. The summed E-state index contributed by atoms with van der Waals surface area (Å²) in [7, 11) is -3.79. The van der Waals surface area contributed by atoms with Crippen molar-refractivity contribution in [3.8, 4) is 0 Å². The van der Waals surface area contributed by atoms with Gasteiger partial charge in [-0.05, 0) is 57.9 Å². The molecule has 1 saturated heterocycles. The second kappa shape index (κ2) is 8.70. The third-order valence-electron chi connectivity index (χ3n) is 4.11. The monoisotopic (exact) mass is 459 g/mol. The second-order valence-electron chi connectivity index (χ2n) is 7.60. The third kappa shape index (κ3) is 6.02. The number of benzene rings is 1. The van der Waals surface area contributed by atoms with E-state index in [1.165, 1.54) is 16.4 Å². The highest BCUT2D eigenvalue weighted by Crippen LogP contribution is 2.26. The summed E-state index contributed by atoms with van der Waals surface area (Å²) in [6.45, 7) is 5.64. The fourth-order valence-electron chi connectivity index (χ4n) is 2.94. The Morgan fingerprint density at radius 3 is 2.41 bits per heavy atom. The molecule has 1 atom stereocenters. The number of halogens is 1. The maximum absolute atomic E-state index is 13.0. The molecule has 2 amide bonds. The van der Waals surface area contributed by atoms with Crippen molar-refractivity contribution in [3.63, 3.8) is 0 Å². The lowest BCUT2D eigenvalue weighted by Gasteiger charge is -2.33. The Kier molecular flexibility index (Phi) is 7.04. The number of nitrogens with one attached hydrogen (secondary N) is 2. The van der Waals surface area contributed by atoms with Crippen molar-refractivity contribution in [3.05, 3.63) is 28.7 Å². The minimum absolute atomic E-state index is 0.149. The lowest BCUT2D eigenvalue weighted by molar-refractivity contribution is -0.129. The lowest BCUT2D eigenvalue weighted by atomic mass is 10.0. The van der Waals surface area contributed by atoms with E-state index in [1.807, 2.05) is 20.8 Å². The molecule has 27 heavy (non-hydrogen) atoms. The average molecular weight is 460 g/mol. The minimum atomic E-state index is -3.79. The van der Waals surface area contributed by atoms with Gasteiger partial charge in [-0.25, -0.2) is 8.42 Å². The predicted molar refractivity (Wildman–Crippen MR) is 107 cm³/mol. The van der Waals surface area contributed by atoms with Gasteiger partial charge in [-0.15, -0.1) is 0 Å². The van der Waals surface area contributed by atoms with E-state index < -0.39 is 27.5 Å². The molecule has 1 aromatic carbocycles. The van der Waals surface area contributed by atoms with Crippen molar-refractivity contribution in [2.45, 2.75) is 56.5 Å². The summed E-state index contributed by atoms with van der Waals surface area (Å²) < 4.78 is 28.0. The molecule has 1 aromatic rings. The summed E-state index contributed by atoms with van der Waals surface area (Å²) in [6.07, 6.45) is 1.89. The Morgan fingerprint density at radius 2 is 1.81 bits per heavy atom. The molecule has 9 heteroatoms. The van der Waals surface area contributed by atoms with E-state index in [0.717, 1.165) is 10.9 Å². The van der Waals surface area contributed by atoms with Crippen LogP contribution in [0.2, 0.25) is 0 Å². The van der Waals surface area contributed by atoms with Crippen molar-refractivity contribution in [1.82, 2.24) is 14.9 Å². The van der Waals surface area contributed by atoms with Gasteiger partial charge in [0.05, 0.1) is 11.4 Å². The second-order valence-corrected chi connectivity index (χ2v) is 10.4. The first-order valence-electron chi connectivity index (χ1n) is 8.87. The van der Waals surface area contributed by atoms with Crippen LogP contribution >= 0.6 is 15.9 Å². The van der Waals surface area contributed by atoms with Gasteiger partial charge in [-0.3, -0.25) is 9.59 Å². The number of rotatable bonds is 5. The zero-order valence-corrected chi connectivity index (χ0v) is 18.2. The highest BCUT2D eigenvalue weighted by molar-refractivity contribution is 9.10. The molecule has 0 saturated carbocycles. The minimum Gasteiger partial charge on any atom is -0.350 e. The van der Waals surface area contributed by atoms with Crippen LogP contribution in [0.3, 0.4) is 0 Å². The predicted octanol–water partition coefficient (Wildman–Crippen LogP) is 2.02. The van der Waals surface area contributed by atoms with E-state index in [4.69, 9.17) is 0 Å². The van der Waals surface area contributed by atoms with Crippen molar-refractivity contribution in [2.75, 3.05) is 13.1 Å². The summed E-state index contributed by atoms with van der Waals surface area (Å²) in [5.41, 5.74) is -0.399. The first kappa shape index (κ1) is 21.8. The van der Waals surface area contributed by atoms with Crippen LogP contribution in [0.5, 0.6) is 0 Å². The Labute approximate surface area is 169 Å². The molecule has 1 unspecified atom stereocenters. The number of carbonyl (C=O) groups excluding carboxylic acids is 2. The smallest absolute Gasteiger partial charge is 0.243 e. The molecule has 0 radical (unpaired) electrons. The standard InChI is InChI=1S/C18H26BrN3O4S/c1-18(2,3)21-16(23)12-20-17(24)15-6-4-5-11-22(15)27(25,26)14-9-7-13(19)8-10-14/h7-10,15H,4-6,11-12H2,1-3H3,(H,20,24)(H,21,23). The maximum Gasteiger partial charge on any atom is 0.243 e. The van der Waals surface area contributed by atoms with E-state index in [9.17, 15) is 18.0 Å². The van der Waals surface area contributed by atoms with Crippen LogP contribution < -0.4 is 10.6 Å². The quantitative estimate of drug-likeness (QED) is 0.703.